The summed E-state index contributed by atoms with van der Waals surface area (Å²) in [7, 11) is 1.89. The maximum atomic E-state index is 6.10. The summed E-state index contributed by atoms with van der Waals surface area (Å²) in [6, 6.07) is 3.97. The first-order valence-electron chi connectivity index (χ1n) is 5.97. The first-order chi connectivity index (χ1) is 8.25. The molecule has 4 heteroatoms. The van der Waals surface area contributed by atoms with E-state index >= 15 is 0 Å². The van der Waals surface area contributed by atoms with Crippen LogP contribution in [0.15, 0.2) is 24.5 Å². The van der Waals surface area contributed by atoms with Crippen LogP contribution in [0, 0.1) is 5.92 Å². The van der Waals surface area contributed by atoms with Crippen LogP contribution < -0.4 is 5.73 Å². The maximum absolute atomic E-state index is 6.10. The molecule has 3 rings (SSSR count). The number of aryl methyl sites for hydroxylation is 1. The summed E-state index contributed by atoms with van der Waals surface area (Å²) in [5.74, 6) is 1.54. The monoisotopic (exact) mass is 228 g/mol. The van der Waals surface area contributed by atoms with Gasteiger partial charge in [-0.05, 0) is 31.2 Å². The average Bonchev–Trinajstić information content (AvgIpc) is 3.09. The van der Waals surface area contributed by atoms with Crippen LogP contribution >= 0.6 is 0 Å². The van der Waals surface area contributed by atoms with Crippen LogP contribution in [-0.4, -0.2) is 14.8 Å². The summed E-state index contributed by atoms with van der Waals surface area (Å²) in [6.45, 7) is 0. The Morgan fingerprint density at radius 2 is 2.29 bits per heavy atom. The van der Waals surface area contributed by atoms with Crippen molar-refractivity contribution in [3.8, 4) is 11.1 Å². The molecule has 1 fully saturated rings. The third-order valence-electron chi connectivity index (χ3n) is 3.29. The normalized spacial score (nSPS) is 15.1. The lowest BCUT2D eigenvalue weighted by Crippen LogP contribution is -1.98. The number of nitrogens with two attached hydrogens (primary N) is 1. The zero-order valence-corrected chi connectivity index (χ0v) is 9.93. The quantitative estimate of drug-likeness (QED) is 0.874. The van der Waals surface area contributed by atoms with Crippen LogP contribution in [0.4, 0.5) is 5.82 Å². The number of hydrogen-bond acceptors (Lipinski definition) is 3. The van der Waals surface area contributed by atoms with Gasteiger partial charge in [-0.15, -0.1) is 0 Å². The molecule has 0 aliphatic heterocycles. The van der Waals surface area contributed by atoms with Gasteiger partial charge in [-0.2, -0.15) is 5.10 Å². The number of anilines is 1. The SMILES string of the molecule is Cn1nc(CC2CC2)c(-c2cccnc2)c1N. The van der Waals surface area contributed by atoms with Crippen molar-refractivity contribution in [2.24, 2.45) is 13.0 Å². The lowest BCUT2D eigenvalue weighted by atomic mass is 10.0. The molecule has 2 aromatic rings. The Morgan fingerprint density at radius 1 is 1.47 bits per heavy atom. The third kappa shape index (κ3) is 1.90. The molecule has 17 heavy (non-hydrogen) atoms. The molecular formula is C13H16N4. The van der Waals surface area contributed by atoms with Gasteiger partial charge in [0.1, 0.15) is 5.82 Å². The largest absolute Gasteiger partial charge is 0.383 e. The summed E-state index contributed by atoms with van der Waals surface area (Å²) >= 11 is 0. The van der Waals surface area contributed by atoms with E-state index in [1.807, 2.05) is 25.4 Å². The average molecular weight is 228 g/mol. The molecule has 0 radical (unpaired) electrons. The van der Waals surface area contributed by atoms with Crippen molar-refractivity contribution in [3.05, 3.63) is 30.2 Å². The number of hydrogen-bond donors (Lipinski definition) is 1. The Kier molecular flexibility index (Phi) is 2.35. The highest BCUT2D eigenvalue weighted by molar-refractivity contribution is 5.76. The van der Waals surface area contributed by atoms with Crippen LogP contribution in [-0.2, 0) is 13.5 Å². The molecule has 0 atom stereocenters. The van der Waals surface area contributed by atoms with E-state index in [2.05, 4.69) is 10.1 Å². The molecule has 2 heterocycles. The topological polar surface area (TPSA) is 56.7 Å². The van der Waals surface area contributed by atoms with Crippen LogP contribution in [0.5, 0.6) is 0 Å². The van der Waals surface area contributed by atoms with Gasteiger partial charge in [0, 0.05) is 30.6 Å². The fourth-order valence-corrected chi connectivity index (χ4v) is 2.16. The molecule has 0 bridgehead atoms. The molecule has 88 valence electrons. The number of rotatable bonds is 3. The number of nitrogen functional groups attached to an aromatic ring is 1. The standard InChI is InChI=1S/C13H16N4/c1-17-13(14)12(10-3-2-6-15-8-10)11(16-17)7-9-4-5-9/h2-3,6,8-9H,4-5,7,14H2,1H3. The molecule has 4 nitrogen and oxygen atoms in total. The highest BCUT2D eigenvalue weighted by Gasteiger charge is 2.26. The molecule has 0 aromatic carbocycles. The Hall–Kier alpha value is -1.84. The second-order valence-electron chi connectivity index (χ2n) is 4.72. The van der Waals surface area contributed by atoms with E-state index in [0.29, 0.717) is 0 Å². The van der Waals surface area contributed by atoms with Crippen molar-refractivity contribution in [1.29, 1.82) is 0 Å². The van der Waals surface area contributed by atoms with Crippen molar-refractivity contribution in [2.45, 2.75) is 19.3 Å². The molecule has 1 aliphatic carbocycles. The van der Waals surface area contributed by atoms with Crippen molar-refractivity contribution >= 4 is 5.82 Å². The minimum Gasteiger partial charge on any atom is -0.383 e. The summed E-state index contributed by atoms with van der Waals surface area (Å²) in [4.78, 5) is 4.15. The summed E-state index contributed by atoms with van der Waals surface area (Å²) < 4.78 is 1.76. The molecule has 0 saturated heterocycles. The van der Waals surface area contributed by atoms with E-state index in [9.17, 15) is 0 Å². The van der Waals surface area contributed by atoms with Gasteiger partial charge in [0.2, 0.25) is 0 Å². The van der Waals surface area contributed by atoms with Crippen LogP contribution in [0.1, 0.15) is 18.5 Å². The Labute approximate surface area is 100 Å². The summed E-state index contributed by atoms with van der Waals surface area (Å²) in [5.41, 5.74) is 9.34. The van der Waals surface area contributed by atoms with Crippen LogP contribution in [0.3, 0.4) is 0 Å². The number of pyridine rings is 1. The van der Waals surface area contributed by atoms with Gasteiger partial charge in [-0.3, -0.25) is 9.67 Å². The fraction of sp³-hybridized carbons (Fsp3) is 0.385. The van der Waals surface area contributed by atoms with Crippen LogP contribution in [0.2, 0.25) is 0 Å². The van der Waals surface area contributed by atoms with E-state index in [0.717, 1.165) is 35.0 Å². The zero-order valence-electron chi connectivity index (χ0n) is 9.93. The first-order valence-corrected chi connectivity index (χ1v) is 5.97. The van der Waals surface area contributed by atoms with Gasteiger partial charge in [0.25, 0.3) is 0 Å². The van der Waals surface area contributed by atoms with E-state index in [1.54, 1.807) is 10.9 Å². The van der Waals surface area contributed by atoms with Crippen molar-refractivity contribution < 1.29 is 0 Å². The van der Waals surface area contributed by atoms with Gasteiger partial charge in [-0.1, -0.05) is 6.07 Å². The lowest BCUT2D eigenvalue weighted by Gasteiger charge is -2.02. The minimum atomic E-state index is 0.730. The Morgan fingerprint density at radius 3 is 2.94 bits per heavy atom. The smallest absolute Gasteiger partial charge is 0.129 e. The minimum absolute atomic E-state index is 0.730. The molecular weight excluding hydrogens is 212 g/mol. The summed E-state index contributed by atoms with van der Waals surface area (Å²) in [5, 5.41) is 4.53. The molecule has 1 aliphatic rings. The second kappa shape index (κ2) is 3.87. The number of nitrogens with zero attached hydrogens (tertiary/aromatic N) is 3. The maximum Gasteiger partial charge on any atom is 0.129 e. The van der Waals surface area contributed by atoms with Gasteiger partial charge >= 0.3 is 0 Å². The van der Waals surface area contributed by atoms with E-state index in [1.165, 1.54) is 12.8 Å². The molecule has 0 amide bonds. The Balaban J connectivity index is 2.06. The number of aromatic nitrogens is 3. The molecule has 0 unspecified atom stereocenters. The molecule has 2 N–H and O–H groups in total. The zero-order chi connectivity index (χ0) is 11.8. The predicted molar refractivity (Wildman–Crippen MR) is 67.3 cm³/mol. The highest BCUT2D eigenvalue weighted by atomic mass is 15.3. The Bertz CT molecular complexity index is 526. The van der Waals surface area contributed by atoms with Gasteiger partial charge in [-0.25, -0.2) is 0 Å². The fourth-order valence-electron chi connectivity index (χ4n) is 2.16. The van der Waals surface area contributed by atoms with E-state index in [-0.39, 0.29) is 0 Å². The first kappa shape index (κ1) is 10.3. The van der Waals surface area contributed by atoms with Crippen molar-refractivity contribution in [2.75, 3.05) is 5.73 Å². The van der Waals surface area contributed by atoms with Crippen LogP contribution in [0.25, 0.3) is 11.1 Å². The van der Waals surface area contributed by atoms with E-state index < -0.39 is 0 Å². The highest BCUT2D eigenvalue weighted by Crippen LogP contribution is 2.37. The molecule has 0 spiro atoms. The molecule has 1 saturated carbocycles. The van der Waals surface area contributed by atoms with Gasteiger partial charge in [0.05, 0.1) is 5.69 Å². The predicted octanol–water partition coefficient (Wildman–Crippen LogP) is 2.02. The van der Waals surface area contributed by atoms with E-state index in [4.69, 9.17) is 5.73 Å². The third-order valence-corrected chi connectivity index (χ3v) is 3.29. The van der Waals surface area contributed by atoms with Crippen molar-refractivity contribution in [3.63, 3.8) is 0 Å². The second-order valence-corrected chi connectivity index (χ2v) is 4.72. The van der Waals surface area contributed by atoms with Crippen molar-refractivity contribution in [1.82, 2.24) is 14.8 Å². The lowest BCUT2D eigenvalue weighted by molar-refractivity contribution is 0.722. The van der Waals surface area contributed by atoms with Gasteiger partial charge in [0.15, 0.2) is 0 Å². The summed E-state index contributed by atoms with van der Waals surface area (Å²) in [6.07, 6.45) is 7.31. The molecule has 2 aromatic heterocycles. The van der Waals surface area contributed by atoms with Gasteiger partial charge < -0.3 is 5.73 Å².